The van der Waals surface area contributed by atoms with Gasteiger partial charge in [0, 0.05) is 19.1 Å². The monoisotopic (exact) mass is 212 g/mol. The van der Waals surface area contributed by atoms with Gasteiger partial charge in [-0.05, 0) is 24.3 Å². The van der Waals surface area contributed by atoms with Crippen LogP contribution in [0.3, 0.4) is 0 Å². The zero-order valence-corrected chi connectivity index (χ0v) is 9.34. The molecule has 3 atom stereocenters. The highest BCUT2D eigenvalue weighted by Crippen LogP contribution is 2.41. The molecule has 1 aromatic rings. The van der Waals surface area contributed by atoms with Crippen LogP contribution in [0.25, 0.3) is 0 Å². The molecular formula is C14H16N2. The van der Waals surface area contributed by atoms with Gasteiger partial charge in [0.25, 0.3) is 0 Å². The Morgan fingerprint density at radius 1 is 1.25 bits per heavy atom. The summed E-state index contributed by atoms with van der Waals surface area (Å²) in [5.74, 6) is 1.06. The molecule has 1 heterocycles. The molecule has 3 rings (SSSR count). The van der Waals surface area contributed by atoms with E-state index in [2.05, 4.69) is 41.3 Å². The molecular weight excluding hydrogens is 196 g/mol. The molecule has 2 heteroatoms. The highest BCUT2D eigenvalue weighted by atomic mass is 15.2. The van der Waals surface area contributed by atoms with E-state index in [9.17, 15) is 0 Å². The smallest absolute Gasteiger partial charge is 0.0672 e. The minimum absolute atomic E-state index is 0.280. The number of benzene rings is 1. The molecule has 82 valence electrons. The van der Waals surface area contributed by atoms with Crippen molar-refractivity contribution >= 4 is 0 Å². The molecule has 0 N–H and O–H groups in total. The lowest BCUT2D eigenvalue weighted by atomic mass is 9.99. The summed E-state index contributed by atoms with van der Waals surface area (Å²) in [6.45, 7) is 2.21. The minimum atomic E-state index is 0.280. The van der Waals surface area contributed by atoms with Gasteiger partial charge in [0.05, 0.1) is 12.0 Å². The van der Waals surface area contributed by atoms with Gasteiger partial charge in [-0.25, -0.2) is 0 Å². The van der Waals surface area contributed by atoms with Crippen LogP contribution < -0.4 is 0 Å². The summed E-state index contributed by atoms with van der Waals surface area (Å²) in [5, 5.41) is 9.10. The van der Waals surface area contributed by atoms with Crippen molar-refractivity contribution in [3.8, 4) is 6.07 Å². The number of hydrogen-bond donors (Lipinski definition) is 0. The zero-order chi connectivity index (χ0) is 11.0. The first-order valence-electron chi connectivity index (χ1n) is 6.04. The summed E-state index contributed by atoms with van der Waals surface area (Å²) in [7, 11) is 0. The molecule has 0 amide bonds. The minimum Gasteiger partial charge on any atom is -0.295 e. The molecule has 0 aromatic heterocycles. The van der Waals surface area contributed by atoms with Gasteiger partial charge in [-0.1, -0.05) is 30.3 Å². The van der Waals surface area contributed by atoms with Crippen LogP contribution in [0.4, 0.5) is 0 Å². The molecule has 2 aliphatic rings. The average Bonchev–Trinajstić information content (AvgIpc) is 2.89. The molecule has 2 bridgehead atoms. The van der Waals surface area contributed by atoms with E-state index in [4.69, 9.17) is 5.26 Å². The third-order valence-corrected chi connectivity index (χ3v) is 3.98. The van der Waals surface area contributed by atoms with E-state index in [0.717, 1.165) is 18.9 Å². The fourth-order valence-corrected chi connectivity index (χ4v) is 3.28. The van der Waals surface area contributed by atoms with Crippen LogP contribution in [-0.2, 0) is 6.54 Å². The van der Waals surface area contributed by atoms with Gasteiger partial charge in [0.1, 0.15) is 0 Å². The van der Waals surface area contributed by atoms with Gasteiger partial charge in [0.15, 0.2) is 0 Å². The molecule has 1 saturated carbocycles. The van der Waals surface area contributed by atoms with Gasteiger partial charge in [-0.2, -0.15) is 5.26 Å². The summed E-state index contributed by atoms with van der Waals surface area (Å²) in [6, 6.07) is 13.6. The predicted molar refractivity (Wildman–Crippen MR) is 62.5 cm³/mol. The standard InChI is InChI=1S/C14H16N2/c15-8-13-6-12-7-14(13)16(10-12)9-11-4-2-1-3-5-11/h1-5,12-14H,6-7,9-10H2/t12-,13+,14-/m1/s1. The molecule has 2 fully saturated rings. The molecule has 2 nitrogen and oxygen atoms in total. The second-order valence-corrected chi connectivity index (χ2v) is 5.06. The summed E-state index contributed by atoms with van der Waals surface area (Å²) < 4.78 is 0. The molecule has 16 heavy (non-hydrogen) atoms. The third kappa shape index (κ3) is 1.62. The first-order chi connectivity index (χ1) is 7.86. The summed E-state index contributed by atoms with van der Waals surface area (Å²) in [5.41, 5.74) is 1.37. The molecule has 0 radical (unpaired) electrons. The van der Waals surface area contributed by atoms with Crippen molar-refractivity contribution in [2.45, 2.75) is 25.4 Å². The largest absolute Gasteiger partial charge is 0.295 e. The summed E-state index contributed by atoms with van der Waals surface area (Å²) >= 11 is 0. The Morgan fingerprint density at radius 3 is 2.75 bits per heavy atom. The van der Waals surface area contributed by atoms with Crippen LogP contribution in [0, 0.1) is 23.2 Å². The fraction of sp³-hybridized carbons (Fsp3) is 0.500. The van der Waals surface area contributed by atoms with Crippen LogP contribution in [0.1, 0.15) is 18.4 Å². The Kier molecular flexibility index (Phi) is 2.41. The number of hydrogen-bond acceptors (Lipinski definition) is 2. The average molecular weight is 212 g/mol. The Labute approximate surface area is 96.5 Å². The van der Waals surface area contributed by atoms with E-state index in [0.29, 0.717) is 6.04 Å². The van der Waals surface area contributed by atoms with Crippen molar-refractivity contribution in [3.05, 3.63) is 35.9 Å². The highest BCUT2D eigenvalue weighted by molar-refractivity contribution is 5.16. The van der Waals surface area contributed by atoms with E-state index in [-0.39, 0.29) is 5.92 Å². The molecule has 0 unspecified atom stereocenters. The summed E-state index contributed by atoms with van der Waals surface area (Å²) in [4.78, 5) is 2.50. The Balaban J connectivity index is 1.72. The second-order valence-electron chi connectivity index (χ2n) is 5.06. The van der Waals surface area contributed by atoms with Gasteiger partial charge in [0.2, 0.25) is 0 Å². The lowest BCUT2D eigenvalue weighted by Crippen LogP contribution is -2.36. The molecule has 1 aromatic carbocycles. The lowest BCUT2D eigenvalue weighted by Gasteiger charge is -2.29. The second kappa shape index (κ2) is 3.92. The number of nitrogens with zero attached hydrogens (tertiary/aromatic N) is 2. The first kappa shape index (κ1) is 9.86. The molecule has 1 saturated heterocycles. The molecule has 0 spiro atoms. The van der Waals surface area contributed by atoms with Crippen LogP contribution in [-0.4, -0.2) is 17.5 Å². The van der Waals surface area contributed by atoms with Crippen LogP contribution in [0.15, 0.2) is 30.3 Å². The maximum Gasteiger partial charge on any atom is 0.0672 e. The Bertz CT molecular complexity index is 406. The molecule has 1 aliphatic carbocycles. The van der Waals surface area contributed by atoms with E-state index in [1.165, 1.54) is 18.5 Å². The van der Waals surface area contributed by atoms with Crippen molar-refractivity contribution in [3.63, 3.8) is 0 Å². The van der Waals surface area contributed by atoms with Crippen LogP contribution >= 0.6 is 0 Å². The van der Waals surface area contributed by atoms with Gasteiger partial charge in [-0.3, -0.25) is 4.90 Å². The first-order valence-corrected chi connectivity index (χ1v) is 6.04. The normalized spacial score (nSPS) is 32.8. The number of fused-ring (bicyclic) bond motifs is 2. The van der Waals surface area contributed by atoms with Crippen LogP contribution in [0.2, 0.25) is 0 Å². The molecule has 1 aliphatic heterocycles. The number of likely N-dealkylation sites (tertiary alicyclic amines) is 1. The Hall–Kier alpha value is -1.33. The maximum absolute atomic E-state index is 9.10. The quantitative estimate of drug-likeness (QED) is 0.752. The van der Waals surface area contributed by atoms with Crippen molar-refractivity contribution in [1.29, 1.82) is 5.26 Å². The lowest BCUT2D eigenvalue weighted by molar-refractivity contribution is 0.175. The number of nitriles is 1. The van der Waals surface area contributed by atoms with Crippen molar-refractivity contribution in [1.82, 2.24) is 4.90 Å². The van der Waals surface area contributed by atoms with Gasteiger partial charge in [-0.15, -0.1) is 0 Å². The predicted octanol–water partition coefficient (Wildman–Crippen LogP) is 2.42. The maximum atomic E-state index is 9.10. The van der Waals surface area contributed by atoms with Gasteiger partial charge >= 0.3 is 0 Å². The Morgan fingerprint density at radius 2 is 2.06 bits per heavy atom. The van der Waals surface area contributed by atoms with Crippen LogP contribution in [0.5, 0.6) is 0 Å². The third-order valence-electron chi connectivity index (χ3n) is 3.98. The van der Waals surface area contributed by atoms with Gasteiger partial charge < -0.3 is 0 Å². The van der Waals surface area contributed by atoms with Crippen molar-refractivity contribution < 1.29 is 0 Å². The van der Waals surface area contributed by atoms with E-state index >= 15 is 0 Å². The summed E-state index contributed by atoms with van der Waals surface area (Å²) in [6.07, 6.45) is 2.37. The van der Waals surface area contributed by atoms with Crippen molar-refractivity contribution in [2.24, 2.45) is 11.8 Å². The van der Waals surface area contributed by atoms with E-state index < -0.39 is 0 Å². The topological polar surface area (TPSA) is 27.0 Å². The fourth-order valence-electron chi connectivity index (χ4n) is 3.28. The highest BCUT2D eigenvalue weighted by Gasteiger charge is 2.44. The van der Waals surface area contributed by atoms with E-state index in [1.807, 2.05) is 0 Å². The number of rotatable bonds is 2. The van der Waals surface area contributed by atoms with E-state index in [1.54, 1.807) is 0 Å². The van der Waals surface area contributed by atoms with Crippen molar-refractivity contribution in [2.75, 3.05) is 6.54 Å². The SMILES string of the molecule is N#C[C@@H]1C[C@@H]2C[C@H]1N(Cc1ccccc1)C2. The zero-order valence-electron chi connectivity index (χ0n) is 9.34. The number of piperidine rings is 1.